The van der Waals surface area contributed by atoms with E-state index in [0.29, 0.717) is 11.3 Å². The minimum Gasteiger partial charge on any atom is -0.406 e. The van der Waals surface area contributed by atoms with Gasteiger partial charge < -0.3 is 20.1 Å². The van der Waals surface area contributed by atoms with Gasteiger partial charge in [-0.15, -0.1) is 26.3 Å². The Kier molecular flexibility index (Phi) is 8.98. The van der Waals surface area contributed by atoms with Gasteiger partial charge in [0.25, 0.3) is 5.91 Å². The number of halogens is 6. The molecule has 0 bridgehead atoms. The van der Waals surface area contributed by atoms with E-state index in [1.54, 1.807) is 30.3 Å². The molecule has 0 atom stereocenters. The largest absolute Gasteiger partial charge is 0.573 e. The summed E-state index contributed by atoms with van der Waals surface area (Å²) < 4.78 is 87.2. The Morgan fingerprint density at radius 1 is 0.674 bits per heavy atom. The summed E-state index contributed by atoms with van der Waals surface area (Å²) >= 11 is 0. The Morgan fingerprint density at radius 2 is 1.19 bits per heavy atom. The molecule has 4 aromatic carbocycles. The van der Waals surface area contributed by atoms with E-state index in [2.05, 4.69) is 20.1 Å². The van der Waals surface area contributed by atoms with Gasteiger partial charge in [0.15, 0.2) is 0 Å². The van der Waals surface area contributed by atoms with Gasteiger partial charge in [-0.1, -0.05) is 54.6 Å². The molecule has 224 valence electrons. The van der Waals surface area contributed by atoms with Crippen molar-refractivity contribution in [2.45, 2.75) is 31.6 Å². The monoisotopic (exact) mass is 602 g/mol. The Hall–Kier alpha value is -5.00. The molecule has 0 aliphatic heterocycles. The molecule has 12 heteroatoms. The van der Waals surface area contributed by atoms with Gasteiger partial charge in [0.2, 0.25) is 5.91 Å². The summed E-state index contributed by atoms with van der Waals surface area (Å²) in [6.07, 6.45) is -10.1. The first-order valence-corrected chi connectivity index (χ1v) is 12.7. The van der Waals surface area contributed by atoms with Crippen LogP contribution in [0.25, 0.3) is 0 Å². The lowest BCUT2D eigenvalue weighted by Gasteiger charge is -2.37. The Morgan fingerprint density at radius 3 is 1.65 bits per heavy atom. The Labute approximate surface area is 242 Å². The number of anilines is 1. The summed E-state index contributed by atoms with van der Waals surface area (Å²) in [5.41, 5.74) is -0.431. The highest BCUT2D eigenvalue weighted by atomic mass is 19.4. The number of alkyl halides is 6. The average molecular weight is 603 g/mol. The number of hydrogen-bond acceptors (Lipinski definition) is 4. The van der Waals surface area contributed by atoms with Crippen molar-refractivity contribution in [2.75, 3.05) is 5.32 Å². The maximum atomic E-state index is 13.7. The molecule has 0 aromatic heterocycles. The first-order valence-electron chi connectivity index (χ1n) is 12.7. The molecule has 0 heterocycles. The first-order chi connectivity index (χ1) is 20.2. The van der Waals surface area contributed by atoms with Gasteiger partial charge in [-0.3, -0.25) is 9.59 Å². The van der Waals surface area contributed by atoms with Crippen LogP contribution in [-0.4, -0.2) is 24.5 Å². The standard InChI is InChI=1S/C31H24F6N2O4/c1-20(40)38-25-15-13-22(14-16-25)28(41)39-29(19-21-7-3-2-4-8-21,23-9-5-11-26(17-23)42-30(32,33)34)24-10-6-12-27(18-24)43-31(35,36)37/h2-18H,19H2,1H3,(H,38,40)(H,39,41). The maximum absolute atomic E-state index is 13.7. The first kappa shape index (κ1) is 30.9. The van der Waals surface area contributed by atoms with Crippen molar-refractivity contribution in [1.82, 2.24) is 5.32 Å². The van der Waals surface area contributed by atoms with Crippen LogP contribution in [0.1, 0.15) is 34.0 Å². The van der Waals surface area contributed by atoms with E-state index in [0.717, 1.165) is 24.3 Å². The summed E-state index contributed by atoms with van der Waals surface area (Å²) in [7, 11) is 0. The molecule has 43 heavy (non-hydrogen) atoms. The SMILES string of the molecule is CC(=O)Nc1ccc(C(=O)NC(Cc2ccccc2)(c2cccc(OC(F)(F)F)c2)c2cccc(OC(F)(F)F)c2)cc1. The molecule has 0 saturated carbocycles. The van der Waals surface area contributed by atoms with Crippen LogP contribution in [0.4, 0.5) is 32.0 Å². The maximum Gasteiger partial charge on any atom is 0.573 e. The molecule has 0 spiro atoms. The summed E-state index contributed by atoms with van der Waals surface area (Å²) in [4.78, 5) is 25.1. The zero-order chi connectivity index (χ0) is 31.3. The highest BCUT2D eigenvalue weighted by Crippen LogP contribution is 2.38. The fourth-order valence-electron chi connectivity index (χ4n) is 4.55. The molecule has 6 nitrogen and oxygen atoms in total. The van der Waals surface area contributed by atoms with E-state index in [-0.39, 0.29) is 29.0 Å². The number of amides is 2. The fourth-order valence-corrected chi connectivity index (χ4v) is 4.55. The lowest BCUT2D eigenvalue weighted by atomic mass is 9.77. The smallest absolute Gasteiger partial charge is 0.406 e. The van der Waals surface area contributed by atoms with Crippen LogP contribution < -0.4 is 20.1 Å². The lowest BCUT2D eigenvalue weighted by Crippen LogP contribution is -2.48. The molecule has 0 aliphatic carbocycles. The van der Waals surface area contributed by atoms with Crippen LogP contribution in [0.5, 0.6) is 11.5 Å². The van der Waals surface area contributed by atoms with Crippen molar-refractivity contribution in [2.24, 2.45) is 0 Å². The molecule has 0 unspecified atom stereocenters. The quantitative estimate of drug-likeness (QED) is 0.196. The third-order valence-electron chi connectivity index (χ3n) is 6.23. The van der Waals surface area contributed by atoms with E-state index in [1.807, 2.05) is 0 Å². The van der Waals surface area contributed by atoms with Crippen molar-refractivity contribution in [3.8, 4) is 11.5 Å². The number of benzene rings is 4. The summed E-state index contributed by atoms with van der Waals surface area (Å²) in [6.45, 7) is 1.31. The van der Waals surface area contributed by atoms with Gasteiger partial charge in [0.05, 0.1) is 5.54 Å². The van der Waals surface area contributed by atoms with E-state index in [1.165, 1.54) is 55.5 Å². The molecule has 0 radical (unpaired) electrons. The van der Waals surface area contributed by atoms with Crippen LogP contribution in [-0.2, 0) is 16.8 Å². The van der Waals surface area contributed by atoms with Gasteiger partial charge in [-0.25, -0.2) is 0 Å². The van der Waals surface area contributed by atoms with Crippen molar-refractivity contribution in [3.63, 3.8) is 0 Å². The summed E-state index contributed by atoms with van der Waals surface area (Å²) in [5.74, 6) is -2.23. The van der Waals surface area contributed by atoms with Crippen LogP contribution in [0.15, 0.2) is 103 Å². The number of nitrogens with one attached hydrogen (secondary N) is 2. The Balaban J connectivity index is 1.90. The number of ether oxygens (including phenoxy) is 2. The van der Waals surface area contributed by atoms with Crippen molar-refractivity contribution < 1.29 is 45.4 Å². The second kappa shape index (κ2) is 12.5. The molecule has 0 saturated heterocycles. The van der Waals surface area contributed by atoms with Gasteiger partial charge >= 0.3 is 12.7 Å². The summed E-state index contributed by atoms with van der Waals surface area (Å²) in [5, 5.41) is 5.44. The van der Waals surface area contributed by atoms with E-state index in [9.17, 15) is 35.9 Å². The molecule has 2 amide bonds. The van der Waals surface area contributed by atoms with E-state index < -0.39 is 35.7 Å². The van der Waals surface area contributed by atoms with Gasteiger partial charge in [0, 0.05) is 24.6 Å². The highest BCUT2D eigenvalue weighted by Gasteiger charge is 2.39. The zero-order valence-electron chi connectivity index (χ0n) is 22.4. The topological polar surface area (TPSA) is 76.7 Å². The molecular weight excluding hydrogens is 578 g/mol. The number of carbonyl (C=O) groups excluding carboxylic acids is 2. The van der Waals surface area contributed by atoms with Crippen molar-refractivity contribution in [1.29, 1.82) is 0 Å². The molecule has 4 rings (SSSR count). The number of rotatable bonds is 9. The van der Waals surface area contributed by atoms with Gasteiger partial charge in [-0.2, -0.15) is 0 Å². The molecule has 2 N–H and O–H groups in total. The molecule has 0 fully saturated rings. The lowest BCUT2D eigenvalue weighted by molar-refractivity contribution is -0.275. The Bertz CT molecular complexity index is 1510. The third-order valence-corrected chi connectivity index (χ3v) is 6.23. The second-order valence-electron chi connectivity index (χ2n) is 9.43. The predicted molar refractivity (Wildman–Crippen MR) is 145 cm³/mol. The van der Waals surface area contributed by atoms with Gasteiger partial charge in [-0.05, 0) is 65.2 Å². The highest BCUT2D eigenvalue weighted by molar-refractivity contribution is 5.96. The second-order valence-corrected chi connectivity index (χ2v) is 9.43. The van der Waals surface area contributed by atoms with E-state index in [4.69, 9.17) is 0 Å². The third kappa shape index (κ3) is 8.51. The van der Waals surface area contributed by atoms with Crippen molar-refractivity contribution >= 4 is 17.5 Å². The predicted octanol–water partition coefficient (Wildman–Crippen LogP) is 7.36. The van der Waals surface area contributed by atoms with Crippen LogP contribution >= 0.6 is 0 Å². The van der Waals surface area contributed by atoms with Crippen LogP contribution in [0.3, 0.4) is 0 Å². The zero-order valence-corrected chi connectivity index (χ0v) is 22.4. The minimum absolute atomic E-state index is 0.0884. The average Bonchev–Trinajstić information content (AvgIpc) is 2.92. The molecule has 4 aromatic rings. The summed E-state index contributed by atoms with van der Waals surface area (Å²) in [6, 6.07) is 24.0. The van der Waals surface area contributed by atoms with E-state index >= 15 is 0 Å². The number of carbonyl (C=O) groups is 2. The van der Waals surface area contributed by atoms with Crippen molar-refractivity contribution in [3.05, 3.63) is 125 Å². The fraction of sp³-hybridized carbons (Fsp3) is 0.161. The molecule has 0 aliphatic rings. The minimum atomic E-state index is -5.03. The number of hydrogen-bond donors (Lipinski definition) is 2. The van der Waals surface area contributed by atoms with Crippen LogP contribution in [0.2, 0.25) is 0 Å². The van der Waals surface area contributed by atoms with Crippen LogP contribution in [0, 0.1) is 0 Å². The van der Waals surface area contributed by atoms with Gasteiger partial charge in [0.1, 0.15) is 11.5 Å². The normalized spacial score (nSPS) is 11.9. The molecular formula is C31H24F6N2O4.